The largest absolute Gasteiger partial charge is 0.332 e. The monoisotopic (exact) mass is 332 g/mol. The number of aromatic nitrogens is 3. The maximum absolute atomic E-state index is 4.69. The van der Waals surface area contributed by atoms with Gasteiger partial charge in [0.25, 0.3) is 0 Å². The Morgan fingerprint density at radius 2 is 1.96 bits per heavy atom. The Hall–Kier alpha value is -2.92. The van der Waals surface area contributed by atoms with Crippen LogP contribution < -0.4 is 5.32 Å². The zero-order valence-electron chi connectivity index (χ0n) is 13.2. The van der Waals surface area contributed by atoms with E-state index in [1.807, 2.05) is 22.9 Å². The molecule has 4 aromatic rings. The first-order chi connectivity index (χ1) is 11.8. The SMILES string of the molecule is Cc1cccc(Nc2nc(-c3ccc(-n4ccnc4)cc3)cs2)c1. The van der Waals surface area contributed by atoms with Crippen molar-refractivity contribution in [3.8, 4) is 16.9 Å². The fourth-order valence-electron chi connectivity index (χ4n) is 2.53. The number of anilines is 2. The lowest BCUT2D eigenvalue weighted by Crippen LogP contribution is -1.91. The average molecular weight is 332 g/mol. The van der Waals surface area contributed by atoms with E-state index < -0.39 is 0 Å². The summed E-state index contributed by atoms with van der Waals surface area (Å²) < 4.78 is 1.98. The molecule has 0 radical (unpaired) electrons. The highest BCUT2D eigenvalue weighted by Gasteiger charge is 2.06. The summed E-state index contributed by atoms with van der Waals surface area (Å²) >= 11 is 1.61. The predicted octanol–water partition coefficient (Wildman–Crippen LogP) is 5.05. The minimum atomic E-state index is 0.897. The van der Waals surface area contributed by atoms with Gasteiger partial charge in [0.2, 0.25) is 0 Å². The van der Waals surface area contributed by atoms with Crippen LogP contribution in [0.5, 0.6) is 0 Å². The number of nitrogens with one attached hydrogen (secondary N) is 1. The van der Waals surface area contributed by atoms with Crippen molar-refractivity contribution in [1.29, 1.82) is 0 Å². The second-order valence-corrected chi connectivity index (χ2v) is 6.41. The normalized spacial score (nSPS) is 10.7. The van der Waals surface area contributed by atoms with Crippen LogP contribution in [-0.4, -0.2) is 14.5 Å². The number of rotatable bonds is 4. The summed E-state index contributed by atoms with van der Waals surface area (Å²) in [7, 11) is 0. The van der Waals surface area contributed by atoms with E-state index in [1.54, 1.807) is 23.9 Å². The molecular formula is C19H16N4S. The minimum Gasteiger partial charge on any atom is -0.332 e. The Morgan fingerprint density at radius 3 is 2.71 bits per heavy atom. The van der Waals surface area contributed by atoms with E-state index >= 15 is 0 Å². The van der Waals surface area contributed by atoms with Crippen LogP contribution >= 0.6 is 11.3 Å². The Morgan fingerprint density at radius 1 is 1.08 bits per heavy atom. The van der Waals surface area contributed by atoms with Crippen LogP contribution in [0.1, 0.15) is 5.56 Å². The molecule has 2 aromatic heterocycles. The third-order valence-electron chi connectivity index (χ3n) is 3.74. The lowest BCUT2D eigenvalue weighted by molar-refractivity contribution is 1.06. The van der Waals surface area contributed by atoms with Gasteiger partial charge in [0.15, 0.2) is 5.13 Å². The highest BCUT2D eigenvalue weighted by atomic mass is 32.1. The number of hydrogen-bond donors (Lipinski definition) is 1. The second kappa shape index (κ2) is 6.29. The van der Waals surface area contributed by atoms with Crippen molar-refractivity contribution in [2.45, 2.75) is 6.92 Å². The van der Waals surface area contributed by atoms with Crippen LogP contribution in [0.3, 0.4) is 0 Å². The molecule has 118 valence electrons. The van der Waals surface area contributed by atoms with Gasteiger partial charge in [-0.3, -0.25) is 0 Å². The van der Waals surface area contributed by atoms with Gasteiger partial charge in [-0.15, -0.1) is 11.3 Å². The van der Waals surface area contributed by atoms with Gasteiger partial charge in [-0.2, -0.15) is 0 Å². The van der Waals surface area contributed by atoms with Gasteiger partial charge in [-0.1, -0.05) is 24.3 Å². The number of hydrogen-bond acceptors (Lipinski definition) is 4. The summed E-state index contributed by atoms with van der Waals surface area (Å²) in [6, 6.07) is 16.6. The van der Waals surface area contributed by atoms with Crippen LogP contribution in [0.25, 0.3) is 16.9 Å². The Balaban J connectivity index is 1.54. The van der Waals surface area contributed by atoms with E-state index in [4.69, 9.17) is 0 Å². The van der Waals surface area contributed by atoms with Crippen LogP contribution in [0.4, 0.5) is 10.8 Å². The van der Waals surface area contributed by atoms with Gasteiger partial charge in [-0.05, 0) is 36.8 Å². The molecule has 0 aliphatic carbocycles. The standard InChI is InChI=1S/C19H16N4S/c1-14-3-2-4-16(11-14)21-19-22-18(12-24-19)15-5-7-17(8-6-15)23-10-9-20-13-23/h2-13H,1H3,(H,21,22). The van der Waals surface area contributed by atoms with Gasteiger partial charge < -0.3 is 9.88 Å². The molecule has 0 bridgehead atoms. The molecule has 0 saturated heterocycles. The summed E-state index contributed by atoms with van der Waals surface area (Å²) in [5.41, 5.74) is 5.46. The van der Waals surface area contributed by atoms with Gasteiger partial charge in [0.05, 0.1) is 12.0 Å². The molecule has 1 N–H and O–H groups in total. The molecule has 24 heavy (non-hydrogen) atoms. The molecule has 0 spiro atoms. The zero-order chi connectivity index (χ0) is 16.4. The van der Waals surface area contributed by atoms with E-state index in [-0.39, 0.29) is 0 Å². The predicted molar refractivity (Wildman–Crippen MR) is 99.1 cm³/mol. The maximum Gasteiger partial charge on any atom is 0.187 e. The molecule has 0 aliphatic rings. The number of thiazole rings is 1. The molecule has 2 aromatic carbocycles. The summed E-state index contributed by atoms with van der Waals surface area (Å²) in [5.74, 6) is 0. The van der Waals surface area contributed by atoms with Gasteiger partial charge >= 0.3 is 0 Å². The molecule has 0 amide bonds. The van der Waals surface area contributed by atoms with Crippen LogP contribution in [-0.2, 0) is 0 Å². The third kappa shape index (κ3) is 3.07. The first kappa shape index (κ1) is 14.7. The van der Waals surface area contributed by atoms with E-state index in [9.17, 15) is 0 Å². The topological polar surface area (TPSA) is 42.7 Å². The molecule has 0 saturated carbocycles. The molecule has 5 heteroatoms. The maximum atomic E-state index is 4.69. The third-order valence-corrected chi connectivity index (χ3v) is 4.50. The van der Waals surface area contributed by atoms with Crippen LogP contribution in [0.2, 0.25) is 0 Å². The van der Waals surface area contributed by atoms with Crippen LogP contribution in [0.15, 0.2) is 72.6 Å². The van der Waals surface area contributed by atoms with Crippen molar-refractivity contribution in [2.75, 3.05) is 5.32 Å². The Kier molecular flexibility index (Phi) is 3.84. The Bertz CT molecular complexity index is 940. The first-order valence-corrected chi connectivity index (χ1v) is 8.54. The van der Waals surface area contributed by atoms with Gasteiger partial charge in [0, 0.05) is 34.7 Å². The molecule has 4 rings (SSSR count). The van der Waals surface area contributed by atoms with Gasteiger partial charge in [-0.25, -0.2) is 9.97 Å². The van der Waals surface area contributed by atoms with E-state index in [0.29, 0.717) is 0 Å². The van der Waals surface area contributed by atoms with Crippen molar-refractivity contribution >= 4 is 22.2 Å². The van der Waals surface area contributed by atoms with Gasteiger partial charge in [0.1, 0.15) is 0 Å². The molecule has 2 heterocycles. The molecular weight excluding hydrogens is 316 g/mol. The number of imidazole rings is 1. The highest BCUT2D eigenvalue weighted by molar-refractivity contribution is 7.14. The molecule has 4 nitrogen and oxygen atoms in total. The summed E-state index contributed by atoms with van der Waals surface area (Å²) in [6.45, 7) is 2.08. The van der Waals surface area contributed by atoms with Crippen LogP contribution in [0, 0.1) is 6.92 Å². The lowest BCUT2D eigenvalue weighted by atomic mass is 10.1. The summed E-state index contributed by atoms with van der Waals surface area (Å²) in [5, 5.41) is 6.33. The second-order valence-electron chi connectivity index (χ2n) is 5.55. The van der Waals surface area contributed by atoms with Crippen molar-refractivity contribution < 1.29 is 0 Å². The first-order valence-electron chi connectivity index (χ1n) is 7.66. The quantitative estimate of drug-likeness (QED) is 0.569. The highest BCUT2D eigenvalue weighted by Crippen LogP contribution is 2.28. The zero-order valence-corrected chi connectivity index (χ0v) is 14.0. The van der Waals surface area contributed by atoms with Crippen molar-refractivity contribution in [2.24, 2.45) is 0 Å². The Labute approximate surface area is 144 Å². The fraction of sp³-hybridized carbons (Fsp3) is 0.0526. The molecule has 0 aliphatic heterocycles. The van der Waals surface area contributed by atoms with E-state index in [0.717, 1.165) is 27.8 Å². The van der Waals surface area contributed by atoms with Crippen molar-refractivity contribution in [3.63, 3.8) is 0 Å². The molecule has 0 fully saturated rings. The number of benzene rings is 2. The lowest BCUT2D eigenvalue weighted by Gasteiger charge is -2.04. The van der Waals surface area contributed by atoms with E-state index in [2.05, 4.69) is 64.0 Å². The smallest absolute Gasteiger partial charge is 0.187 e. The fourth-order valence-corrected chi connectivity index (χ4v) is 3.27. The van der Waals surface area contributed by atoms with E-state index in [1.165, 1.54) is 5.56 Å². The number of nitrogens with zero attached hydrogens (tertiary/aromatic N) is 3. The average Bonchev–Trinajstić information content (AvgIpc) is 3.27. The van der Waals surface area contributed by atoms with Crippen molar-refractivity contribution in [1.82, 2.24) is 14.5 Å². The summed E-state index contributed by atoms with van der Waals surface area (Å²) in [6.07, 6.45) is 5.50. The number of aryl methyl sites for hydroxylation is 1. The molecule has 0 atom stereocenters. The molecule has 0 unspecified atom stereocenters. The minimum absolute atomic E-state index is 0.897. The van der Waals surface area contributed by atoms with Crippen molar-refractivity contribution in [3.05, 3.63) is 78.2 Å². The summed E-state index contributed by atoms with van der Waals surface area (Å²) in [4.78, 5) is 8.76.